The summed E-state index contributed by atoms with van der Waals surface area (Å²) < 4.78 is 38.5. The maximum Gasteiger partial charge on any atom is 0.391 e. The Morgan fingerprint density at radius 2 is 1.84 bits per heavy atom. The molecule has 0 N–H and O–H groups in total. The molecule has 2 aliphatic rings. The number of amides is 1. The van der Waals surface area contributed by atoms with E-state index in [1.165, 1.54) is 0 Å². The van der Waals surface area contributed by atoms with E-state index in [9.17, 15) is 18.0 Å². The molecule has 0 unspecified atom stereocenters. The van der Waals surface area contributed by atoms with Gasteiger partial charge in [-0.25, -0.2) is 0 Å². The molecule has 0 spiro atoms. The number of nitrogens with zero attached hydrogens (tertiary/aromatic N) is 1. The Kier molecular flexibility index (Phi) is 5.06. The first-order valence-corrected chi connectivity index (χ1v) is 9.23. The molecule has 6 heteroatoms. The van der Waals surface area contributed by atoms with Crippen LogP contribution in [0.1, 0.15) is 61.5 Å². The lowest BCUT2D eigenvalue weighted by atomic mass is 9.81. The summed E-state index contributed by atoms with van der Waals surface area (Å²) in [5.41, 5.74) is 1.61. The quantitative estimate of drug-likeness (QED) is 0.649. The second kappa shape index (κ2) is 6.82. The van der Waals surface area contributed by atoms with Crippen LogP contribution in [-0.2, 0) is 0 Å². The summed E-state index contributed by atoms with van der Waals surface area (Å²) >= 11 is 6.04. The minimum Gasteiger partial charge on any atom is -0.331 e. The fourth-order valence-electron chi connectivity index (χ4n) is 4.29. The Labute approximate surface area is 151 Å². The maximum atomic E-state index is 12.8. The van der Waals surface area contributed by atoms with Crippen molar-refractivity contribution in [2.75, 3.05) is 6.54 Å². The second-order valence-corrected chi connectivity index (χ2v) is 8.07. The number of benzene rings is 1. The Bertz CT molecular complexity index is 651. The zero-order valence-corrected chi connectivity index (χ0v) is 15.2. The molecular formula is C19H23ClF3NO. The van der Waals surface area contributed by atoms with Gasteiger partial charge in [0.25, 0.3) is 5.91 Å². The summed E-state index contributed by atoms with van der Waals surface area (Å²) in [6.07, 6.45) is -2.71. The topological polar surface area (TPSA) is 20.3 Å². The van der Waals surface area contributed by atoms with Crippen LogP contribution < -0.4 is 0 Å². The summed E-state index contributed by atoms with van der Waals surface area (Å²) in [6.45, 7) is 4.66. The average molecular weight is 374 g/mol. The van der Waals surface area contributed by atoms with Crippen molar-refractivity contribution < 1.29 is 18.0 Å². The molecule has 1 saturated carbocycles. The van der Waals surface area contributed by atoms with Gasteiger partial charge >= 0.3 is 6.18 Å². The molecule has 1 aromatic carbocycles. The van der Waals surface area contributed by atoms with E-state index in [4.69, 9.17) is 11.6 Å². The molecule has 138 valence electrons. The van der Waals surface area contributed by atoms with Gasteiger partial charge in [0, 0.05) is 17.1 Å². The standard InChI is InChI=1S/C19H23ClF3NO/c1-11(2)17-15-8-7-14(20)9-16(15)18(25)24(17)10-12-3-5-13(6-4-12)19(21,22)23/h7-9,11-13,17H,3-6,10H2,1-2H3/t12-,13-,17-/m0/s1. The van der Waals surface area contributed by atoms with E-state index in [0.717, 1.165) is 5.56 Å². The van der Waals surface area contributed by atoms with Crippen molar-refractivity contribution in [2.45, 2.75) is 51.7 Å². The van der Waals surface area contributed by atoms with Gasteiger partial charge in [-0.05, 0) is 55.2 Å². The molecule has 1 aliphatic carbocycles. The van der Waals surface area contributed by atoms with Crippen molar-refractivity contribution in [3.8, 4) is 0 Å². The van der Waals surface area contributed by atoms with Gasteiger partial charge in [-0.1, -0.05) is 31.5 Å². The first-order valence-electron chi connectivity index (χ1n) is 8.85. The van der Waals surface area contributed by atoms with Crippen LogP contribution >= 0.6 is 11.6 Å². The lowest BCUT2D eigenvalue weighted by Gasteiger charge is -2.35. The monoisotopic (exact) mass is 373 g/mol. The predicted molar refractivity (Wildman–Crippen MR) is 91.6 cm³/mol. The van der Waals surface area contributed by atoms with Crippen molar-refractivity contribution in [2.24, 2.45) is 17.8 Å². The minimum absolute atomic E-state index is 0.0277. The molecule has 0 saturated heterocycles. The molecule has 0 bridgehead atoms. The van der Waals surface area contributed by atoms with Crippen LogP contribution in [0.25, 0.3) is 0 Å². The van der Waals surface area contributed by atoms with Crippen molar-refractivity contribution in [3.63, 3.8) is 0 Å². The number of alkyl halides is 3. The average Bonchev–Trinajstić information content (AvgIpc) is 2.80. The molecule has 2 nitrogen and oxygen atoms in total. The van der Waals surface area contributed by atoms with Crippen molar-refractivity contribution in [1.29, 1.82) is 0 Å². The van der Waals surface area contributed by atoms with Crippen LogP contribution in [0.15, 0.2) is 18.2 Å². The highest BCUT2D eigenvalue weighted by molar-refractivity contribution is 6.31. The normalized spacial score (nSPS) is 27.1. The lowest BCUT2D eigenvalue weighted by Crippen LogP contribution is -2.37. The lowest BCUT2D eigenvalue weighted by molar-refractivity contribution is -0.184. The maximum absolute atomic E-state index is 12.8. The first kappa shape index (κ1) is 18.6. The van der Waals surface area contributed by atoms with Crippen LogP contribution in [-0.4, -0.2) is 23.5 Å². The highest BCUT2D eigenvalue weighted by Crippen LogP contribution is 2.43. The highest BCUT2D eigenvalue weighted by atomic mass is 35.5. The Morgan fingerprint density at radius 3 is 2.40 bits per heavy atom. The van der Waals surface area contributed by atoms with Crippen LogP contribution in [0.3, 0.4) is 0 Å². The van der Waals surface area contributed by atoms with Crippen molar-refractivity contribution >= 4 is 17.5 Å². The van der Waals surface area contributed by atoms with Crippen LogP contribution in [0.4, 0.5) is 13.2 Å². The smallest absolute Gasteiger partial charge is 0.331 e. The molecular weight excluding hydrogens is 351 g/mol. The van der Waals surface area contributed by atoms with Crippen molar-refractivity contribution in [1.82, 2.24) is 4.90 Å². The number of fused-ring (bicyclic) bond motifs is 1. The van der Waals surface area contributed by atoms with Gasteiger partial charge in [-0.3, -0.25) is 4.79 Å². The number of halogens is 4. The summed E-state index contributed by atoms with van der Waals surface area (Å²) in [5, 5.41) is 0.530. The van der Waals surface area contributed by atoms with Gasteiger partial charge in [-0.15, -0.1) is 0 Å². The zero-order valence-electron chi connectivity index (χ0n) is 14.4. The Hall–Kier alpha value is -1.23. The van der Waals surface area contributed by atoms with Crippen LogP contribution in [0.2, 0.25) is 5.02 Å². The van der Waals surface area contributed by atoms with E-state index in [1.54, 1.807) is 12.1 Å². The molecule has 1 atom stereocenters. The van der Waals surface area contributed by atoms with Crippen LogP contribution in [0, 0.1) is 17.8 Å². The van der Waals surface area contributed by atoms with E-state index >= 15 is 0 Å². The summed E-state index contributed by atoms with van der Waals surface area (Å²) in [6, 6.07) is 5.37. The fourth-order valence-corrected chi connectivity index (χ4v) is 4.46. The number of hydrogen-bond donors (Lipinski definition) is 0. The molecule has 1 aromatic rings. The van der Waals surface area contributed by atoms with E-state index in [0.29, 0.717) is 30.0 Å². The summed E-state index contributed by atoms with van der Waals surface area (Å²) in [7, 11) is 0. The minimum atomic E-state index is -4.10. The molecule has 1 aliphatic heterocycles. The molecule has 25 heavy (non-hydrogen) atoms. The largest absolute Gasteiger partial charge is 0.391 e. The van der Waals surface area contributed by atoms with Gasteiger partial charge < -0.3 is 4.90 Å². The molecule has 1 amide bonds. The number of carbonyl (C=O) groups is 1. The van der Waals surface area contributed by atoms with Gasteiger partial charge in [0.2, 0.25) is 0 Å². The predicted octanol–water partition coefficient (Wildman–Crippen LogP) is 5.86. The number of rotatable bonds is 3. The molecule has 0 radical (unpaired) electrons. The zero-order chi connectivity index (χ0) is 18.4. The summed E-state index contributed by atoms with van der Waals surface area (Å²) in [4.78, 5) is 14.7. The third-order valence-electron chi connectivity index (χ3n) is 5.56. The second-order valence-electron chi connectivity index (χ2n) is 7.64. The highest BCUT2D eigenvalue weighted by Gasteiger charge is 2.43. The van der Waals surface area contributed by atoms with Gasteiger partial charge in [0.05, 0.1) is 12.0 Å². The van der Waals surface area contributed by atoms with Gasteiger partial charge in [-0.2, -0.15) is 13.2 Å². The Morgan fingerprint density at radius 1 is 1.20 bits per heavy atom. The number of hydrogen-bond acceptors (Lipinski definition) is 1. The third kappa shape index (κ3) is 3.67. The first-order chi connectivity index (χ1) is 11.7. The molecule has 3 rings (SSSR count). The van der Waals surface area contributed by atoms with E-state index in [2.05, 4.69) is 13.8 Å². The van der Waals surface area contributed by atoms with Gasteiger partial charge in [0.15, 0.2) is 0 Å². The van der Waals surface area contributed by atoms with E-state index in [1.807, 2.05) is 11.0 Å². The fraction of sp³-hybridized carbons (Fsp3) is 0.632. The van der Waals surface area contributed by atoms with Crippen molar-refractivity contribution in [3.05, 3.63) is 34.3 Å². The molecule has 1 fully saturated rings. The molecule has 0 aromatic heterocycles. The number of carbonyl (C=O) groups excluding carboxylic acids is 1. The summed E-state index contributed by atoms with van der Waals surface area (Å²) in [5.74, 6) is -0.865. The van der Waals surface area contributed by atoms with Crippen LogP contribution in [0.5, 0.6) is 0 Å². The molecule has 1 heterocycles. The third-order valence-corrected chi connectivity index (χ3v) is 5.79. The van der Waals surface area contributed by atoms with E-state index < -0.39 is 12.1 Å². The van der Waals surface area contributed by atoms with E-state index in [-0.39, 0.29) is 36.6 Å². The van der Waals surface area contributed by atoms with Gasteiger partial charge in [0.1, 0.15) is 0 Å². The Balaban J connectivity index is 1.73. The SMILES string of the molecule is CC(C)[C@H]1c2ccc(Cl)cc2C(=O)N1C[C@H]1CC[C@H](C(F)(F)F)CC1.